The number of rotatable bonds is 3. The van der Waals surface area contributed by atoms with E-state index in [0.717, 1.165) is 17.7 Å². The van der Waals surface area contributed by atoms with E-state index in [9.17, 15) is 9.00 Å². The first-order valence-electron chi connectivity index (χ1n) is 8.85. The van der Waals surface area contributed by atoms with Crippen LogP contribution in [-0.2, 0) is 28.7 Å². The van der Waals surface area contributed by atoms with Crippen LogP contribution >= 0.6 is 0 Å². The molecular weight excluding hydrogens is 362 g/mol. The molecule has 6 nitrogen and oxygen atoms in total. The molecule has 0 aromatic heterocycles. The van der Waals surface area contributed by atoms with Gasteiger partial charge in [-0.2, -0.15) is 0 Å². The van der Waals surface area contributed by atoms with Crippen LogP contribution in [0.4, 0.5) is 16.2 Å². The lowest BCUT2D eigenvalue weighted by molar-refractivity contribution is 0.0224. The van der Waals surface area contributed by atoms with E-state index in [0.29, 0.717) is 23.7 Å². The van der Waals surface area contributed by atoms with Gasteiger partial charge in [-0.1, -0.05) is 6.07 Å². The maximum absolute atomic E-state index is 12.7. The zero-order chi connectivity index (χ0) is 19.6. The Balaban J connectivity index is 1.72. The fourth-order valence-electron chi connectivity index (χ4n) is 2.85. The molecule has 27 heavy (non-hydrogen) atoms. The van der Waals surface area contributed by atoms with Crippen molar-refractivity contribution in [3.8, 4) is 0 Å². The normalized spacial score (nSPS) is 15.0. The van der Waals surface area contributed by atoms with Crippen LogP contribution in [0.3, 0.4) is 0 Å². The highest BCUT2D eigenvalue weighted by molar-refractivity contribution is 7.86. The zero-order valence-corrected chi connectivity index (χ0v) is 16.6. The lowest BCUT2D eigenvalue weighted by Gasteiger charge is -2.31. The predicted octanol–water partition coefficient (Wildman–Crippen LogP) is 3.70. The Hall–Kier alpha value is -2.54. The van der Waals surface area contributed by atoms with Crippen molar-refractivity contribution < 1.29 is 13.7 Å². The number of benzene rings is 2. The van der Waals surface area contributed by atoms with Crippen molar-refractivity contribution in [3.05, 3.63) is 53.6 Å². The Morgan fingerprint density at radius 2 is 1.85 bits per heavy atom. The molecular formula is C20H25N3O3S. The van der Waals surface area contributed by atoms with Gasteiger partial charge in [0, 0.05) is 24.5 Å². The third-order valence-electron chi connectivity index (χ3n) is 4.18. The summed E-state index contributed by atoms with van der Waals surface area (Å²) in [6, 6.07) is 12.8. The lowest BCUT2D eigenvalue weighted by atomic mass is 10.0. The van der Waals surface area contributed by atoms with Gasteiger partial charge >= 0.3 is 6.09 Å². The summed E-state index contributed by atoms with van der Waals surface area (Å²) in [4.78, 5) is 14.7. The number of nitrogen functional groups attached to an aromatic ring is 1. The van der Waals surface area contributed by atoms with Crippen molar-refractivity contribution in [2.75, 3.05) is 17.0 Å². The van der Waals surface area contributed by atoms with Crippen LogP contribution in [0.5, 0.6) is 0 Å². The second-order valence-corrected chi connectivity index (χ2v) is 8.79. The zero-order valence-electron chi connectivity index (χ0n) is 15.8. The van der Waals surface area contributed by atoms with Crippen LogP contribution in [0, 0.1) is 0 Å². The number of fused-ring (bicyclic) bond motifs is 1. The van der Waals surface area contributed by atoms with E-state index in [1.165, 1.54) is 5.56 Å². The molecule has 1 atom stereocenters. The van der Waals surface area contributed by atoms with Gasteiger partial charge in [-0.15, -0.1) is 0 Å². The van der Waals surface area contributed by atoms with E-state index in [1.807, 2.05) is 39.0 Å². The van der Waals surface area contributed by atoms with Crippen molar-refractivity contribution in [2.45, 2.75) is 44.2 Å². The molecule has 1 aliphatic rings. The van der Waals surface area contributed by atoms with E-state index < -0.39 is 16.6 Å². The molecule has 0 saturated heterocycles. The average Bonchev–Trinajstić information content (AvgIpc) is 2.61. The standard InChI is InChI=1S/C20H25N3O3S/c1-20(2,3)26-19(24)23-11-10-14-4-9-18(12-15(14)13-23)27(25)22-17-7-5-16(21)6-8-17/h4-9,12,22H,10-11,13,21H2,1-3H3. The number of nitrogens with one attached hydrogen (secondary N) is 1. The molecule has 2 aromatic rings. The van der Waals surface area contributed by atoms with Gasteiger partial charge in [-0.25, -0.2) is 9.00 Å². The Kier molecular flexibility index (Phi) is 5.41. The van der Waals surface area contributed by atoms with Crippen molar-refractivity contribution in [2.24, 2.45) is 0 Å². The summed E-state index contributed by atoms with van der Waals surface area (Å²) in [6.45, 7) is 6.64. The molecule has 3 N–H and O–H groups in total. The number of anilines is 2. The van der Waals surface area contributed by atoms with Gasteiger partial charge in [-0.05, 0) is 74.7 Å². The third kappa shape index (κ3) is 5.01. The van der Waals surface area contributed by atoms with Gasteiger partial charge in [0.15, 0.2) is 0 Å². The number of carbonyl (C=O) groups is 1. The molecule has 0 aliphatic carbocycles. The van der Waals surface area contributed by atoms with Gasteiger partial charge < -0.3 is 20.1 Å². The molecule has 144 valence electrons. The van der Waals surface area contributed by atoms with Crippen molar-refractivity contribution >= 4 is 28.5 Å². The summed E-state index contributed by atoms with van der Waals surface area (Å²) in [5.74, 6) is 0. The molecule has 1 heterocycles. The van der Waals surface area contributed by atoms with E-state index in [4.69, 9.17) is 10.5 Å². The van der Waals surface area contributed by atoms with Gasteiger partial charge in [0.1, 0.15) is 16.6 Å². The van der Waals surface area contributed by atoms with Gasteiger partial charge in [0.25, 0.3) is 0 Å². The molecule has 0 spiro atoms. The molecule has 1 aliphatic heterocycles. The summed E-state index contributed by atoms with van der Waals surface area (Å²) < 4.78 is 21.1. The first kappa shape index (κ1) is 19.2. The highest BCUT2D eigenvalue weighted by atomic mass is 32.2. The highest BCUT2D eigenvalue weighted by Gasteiger charge is 2.26. The van der Waals surface area contributed by atoms with Crippen molar-refractivity contribution in [1.82, 2.24) is 4.90 Å². The lowest BCUT2D eigenvalue weighted by Crippen LogP contribution is -2.39. The molecule has 2 aromatic carbocycles. The Bertz CT molecular complexity index is 860. The number of nitrogens with zero attached hydrogens (tertiary/aromatic N) is 1. The Morgan fingerprint density at radius 1 is 1.15 bits per heavy atom. The number of amides is 1. The minimum absolute atomic E-state index is 0.320. The van der Waals surface area contributed by atoms with Crippen LogP contribution in [0.1, 0.15) is 31.9 Å². The van der Waals surface area contributed by atoms with Gasteiger partial charge in [-0.3, -0.25) is 0 Å². The number of hydrogen-bond donors (Lipinski definition) is 2. The van der Waals surface area contributed by atoms with Crippen LogP contribution in [-0.4, -0.2) is 27.3 Å². The quantitative estimate of drug-likeness (QED) is 0.787. The van der Waals surface area contributed by atoms with E-state index in [2.05, 4.69) is 4.72 Å². The number of carbonyl (C=O) groups excluding carboxylic acids is 1. The summed E-state index contributed by atoms with van der Waals surface area (Å²) in [5, 5.41) is 0. The number of ether oxygens (including phenoxy) is 1. The first-order chi connectivity index (χ1) is 12.7. The smallest absolute Gasteiger partial charge is 0.410 e. The van der Waals surface area contributed by atoms with Crippen LogP contribution in [0.25, 0.3) is 0 Å². The topological polar surface area (TPSA) is 84.7 Å². The van der Waals surface area contributed by atoms with Crippen molar-refractivity contribution in [1.29, 1.82) is 0 Å². The van der Waals surface area contributed by atoms with E-state index >= 15 is 0 Å². The predicted molar refractivity (Wildman–Crippen MR) is 108 cm³/mol. The Morgan fingerprint density at radius 3 is 2.52 bits per heavy atom. The minimum atomic E-state index is -1.40. The summed E-state index contributed by atoms with van der Waals surface area (Å²) >= 11 is 0. The number of nitrogens with two attached hydrogens (primary N) is 1. The Labute approximate surface area is 162 Å². The molecule has 0 fully saturated rings. The maximum atomic E-state index is 12.7. The second kappa shape index (κ2) is 7.60. The van der Waals surface area contributed by atoms with E-state index in [-0.39, 0.29) is 6.09 Å². The summed E-state index contributed by atoms with van der Waals surface area (Å²) in [7, 11) is -1.40. The molecule has 1 unspecified atom stereocenters. The van der Waals surface area contributed by atoms with Crippen LogP contribution in [0.15, 0.2) is 47.4 Å². The monoisotopic (exact) mass is 387 g/mol. The molecule has 0 bridgehead atoms. The SMILES string of the molecule is CC(C)(C)OC(=O)N1CCc2ccc(S(=O)Nc3ccc(N)cc3)cc2C1. The second-order valence-electron chi connectivity index (χ2n) is 7.58. The number of hydrogen-bond acceptors (Lipinski definition) is 4. The fourth-order valence-corrected chi connectivity index (χ4v) is 3.76. The van der Waals surface area contributed by atoms with Crippen LogP contribution in [0.2, 0.25) is 0 Å². The molecule has 7 heteroatoms. The van der Waals surface area contributed by atoms with E-state index in [1.54, 1.807) is 29.2 Å². The highest BCUT2D eigenvalue weighted by Crippen LogP contribution is 2.24. The summed E-state index contributed by atoms with van der Waals surface area (Å²) in [5.41, 5.74) is 8.70. The summed E-state index contributed by atoms with van der Waals surface area (Å²) in [6.07, 6.45) is 0.437. The first-order valence-corrected chi connectivity index (χ1v) is 10.00. The molecule has 1 amide bonds. The molecule has 3 rings (SSSR count). The van der Waals surface area contributed by atoms with Crippen LogP contribution < -0.4 is 10.5 Å². The molecule has 0 saturated carbocycles. The average molecular weight is 388 g/mol. The van der Waals surface area contributed by atoms with Gasteiger partial charge in [0.05, 0.1) is 4.90 Å². The largest absolute Gasteiger partial charge is 0.444 e. The van der Waals surface area contributed by atoms with Crippen molar-refractivity contribution in [3.63, 3.8) is 0 Å². The maximum Gasteiger partial charge on any atom is 0.410 e. The fraction of sp³-hybridized carbons (Fsp3) is 0.350. The molecule has 0 radical (unpaired) electrons. The van der Waals surface area contributed by atoms with Gasteiger partial charge in [0.2, 0.25) is 0 Å². The minimum Gasteiger partial charge on any atom is -0.444 e. The third-order valence-corrected chi connectivity index (χ3v) is 5.28.